The van der Waals surface area contributed by atoms with Crippen molar-refractivity contribution in [2.45, 2.75) is 25.4 Å². The van der Waals surface area contributed by atoms with Crippen molar-refractivity contribution in [3.8, 4) is 0 Å². The molecule has 12 heavy (non-hydrogen) atoms. The second-order valence-electron chi connectivity index (χ2n) is 3.83. The van der Waals surface area contributed by atoms with Crippen molar-refractivity contribution in [3.05, 3.63) is 0 Å². The van der Waals surface area contributed by atoms with Crippen LogP contribution in [0.3, 0.4) is 0 Å². The first-order valence-corrected chi connectivity index (χ1v) is 5.33. The lowest BCUT2D eigenvalue weighted by Crippen LogP contribution is -2.37. The Labute approximate surface area is 80.4 Å². The quantitative estimate of drug-likeness (QED) is 0.631. The highest BCUT2D eigenvalue weighted by Crippen LogP contribution is 2.27. The Morgan fingerprint density at radius 2 is 2.17 bits per heavy atom. The van der Waals surface area contributed by atoms with Crippen molar-refractivity contribution in [1.82, 2.24) is 4.90 Å². The lowest BCUT2D eigenvalue weighted by Gasteiger charge is -2.34. The second-order valence-corrected chi connectivity index (χ2v) is 4.28. The van der Waals surface area contributed by atoms with E-state index in [9.17, 15) is 0 Å². The van der Waals surface area contributed by atoms with Gasteiger partial charge in [-0.2, -0.15) is 12.6 Å². The highest BCUT2D eigenvalue weighted by molar-refractivity contribution is 7.80. The number of hydrogen-bond acceptors (Lipinski definition) is 3. The Balaban J connectivity index is 1.98. The summed E-state index contributed by atoms with van der Waals surface area (Å²) in [5.41, 5.74) is 0. The largest absolute Gasteiger partial charge is 0.393 e. The molecule has 1 fully saturated rings. The Morgan fingerprint density at radius 1 is 1.50 bits per heavy atom. The first kappa shape index (κ1) is 10.4. The average Bonchev–Trinajstić information content (AvgIpc) is 1.98. The van der Waals surface area contributed by atoms with Crippen LogP contribution in [-0.2, 0) is 0 Å². The van der Waals surface area contributed by atoms with E-state index >= 15 is 0 Å². The molecule has 1 saturated carbocycles. The van der Waals surface area contributed by atoms with Gasteiger partial charge in [-0.25, -0.2) is 0 Å². The maximum atomic E-state index is 9.08. The molecule has 2 nitrogen and oxygen atoms in total. The monoisotopic (exact) mass is 189 g/mol. The summed E-state index contributed by atoms with van der Waals surface area (Å²) in [6.45, 7) is 2.28. The van der Waals surface area contributed by atoms with Gasteiger partial charge in [0.2, 0.25) is 0 Å². The van der Waals surface area contributed by atoms with Crippen LogP contribution >= 0.6 is 12.6 Å². The zero-order chi connectivity index (χ0) is 8.97. The third kappa shape index (κ3) is 3.33. The maximum Gasteiger partial charge on any atom is 0.0546 e. The molecule has 0 radical (unpaired) electrons. The van der Waals surface area contributed by atoms with Gasteiger partial charge in [-0.05, 0) is 44.5 Å². The number of nitrogens with zero attached hydrogens (tertiary/aromatic N) is 1. The molecular formula is C9H19NOS. The van der Waals surface area contributed by atoms with Crippen molar-refractivity contribution in [3.63, 3.8) is 0 Å². The standard InChI is InChI=1S/C9H19NOS/c1-10(3-2-4-12)7-8-5-9(11)6-8/h8-9,11-12H,2-7H2,1H3. The predicted octanol–water partition coefficient (Wildman–Crippen LogP) is 1.01. The normalized spacial score (nSPS) is 29.0. The first-order chi connectivity index (χ1) is 5.72. The fraction of sp³-hybridized carbons (Fsp3) is 1.00. The van der Waals surface area contributed by atoms with Crippen molar-refractivity contribution >= 4 is 12.6 Å². The van der Waals surface area contributed by atoms with E-state index in [1.165, 1.54) is 0 Å². The van der Waals surface area contributed by atoms with E-state index in [-0.39, 0.29) is 6.10 Å². The van der Waals surface area contributed by atoms with Gasteiger partial charge in [0.15, 0.2) is 0 Å². The van der Waals surface area contributed by atoms with Crippen molar-refractivity contribution < 1.29 is 5.11 Å². The molecular weight excluding hydrogens is 170 g/mol. The highest BCUT2D eigenvalue weighted by Gasteiger charge is 2.27. The lowest BCUT2D eigenvalue weighted by atomic mass is 9.82. The van der Waals surface area contributed by atoms with E-state index in [4.69, 9.17) is 5.11 Å². The van der Waals surface area contributed by atoms with Crippen LogP contribution in [0.4, 0.5) is 0 Å². The molecule has 72 valence electrons. The molecule has 1 aliphatic carbocycles. The molecule has 0 aromatic heterocycles. The summed E-state index contributed by atoms with van der Waals surface area (Å²) >= 11 is 4.17. The van der Waals surface area contributed by atoms with Gasteiger partial charge in [-0.15, -0.1) is 0 Å². The molecule has 0 aliphatic heterocycles. The van der Waals surface area contributed by atoms with Gasteiger partial charge in [0.1, 0.15) is 0 Å². The number of aliphatic hydroxyl groups is 1. The van der Waals surface area contributed by atoms with Gasteiger partial charge in [0.25, 0.3) is 0 Å². The molecule has 1 N–H and O–H groups in total. The summed E-state index contributed by atoms with van der Waals surface area (Å²) < 4.78 is 0. The summed E-state index contributed by atoms with van der Waals surface area (Å²) in [6, 6.07) is 0. The molecule has 3 heteroatoms. The Bertz CT molecular complexity index is 126. The molecule has 0 aromatic carbocycles. The third-order valence-electron chi connectivity index (χ3n) is 2.48. The van der Waals surface area contributed by atoms with Crippen molar-refractivity contribution in [1.29, 1.82) is 0 Å². The van der Waals surface area contributed by atoms with Gasteiger partial charge in [-0.1, -0.05) is 0 Å². The van der Waals surface area contributed by atoms with Crippen LogP contribution in [0.1, 0.15) is 19.3 Å². The zero-order valence-electron chi connectivity index (χ0n) is 7.74. The third-order valence-corrected chi connectivity index (χ3v) is 2.79. The Kier molecular flexibility index (Phi) is 4.40. The van der Waals surface area contributed by atoms with Gasteiger partial charge in [0, 0.05) is 6.54 Å². The van der Waals surface area contributed by atoms with Crippen LogP contribution in [0.2, 0.25) is 0 Å². The minimum Gasteiger partial charge on any atom is -0.393 e. The fourth-order valence-electron chi connectivity index (χ4n) is 1.72. The second kappa shape index (κ2) is 5.10. The molecule has 0 saturated heterocycles. The smallest absolute Gasteiger partial charge is 0.0546 e. The molecule has 0 heterocycles. The number of rotatable bonds is 5. The summed E-state index contributed by atoms with van der Waals surface area (Å²) in [5, 5.41) is 9.08. The zero-order valence-corrected chi connectivity index (χ0v) is 8.63. The first-order valence-electron chi connectivity index (χ1n) is 4.70. The van der Waals surface area contributed by atoms with Crippen molar-refractivity contribution in [2.24, 2.45) is 5.92 Å². The van der Waals surface area contributed by atoms with Gasteiger partial charge in [0.05, 0.1) is 6.10 Å². The number of thiol groups is 1. The van der Waals surface area contributed by atoms with Crippen LogP contribution in [0, 0.1) is 5.92 Å². The van der Waals surface area contributed by atoms with Crippen LogP contribution in [0.25, 0.3) is 0 Å². The summed E-state index contributed by atoms with van der Waals surface area (Å²) in [4.78, 5) is 2.34. The maximum absolute atomic E-state index is 9.08. The fourth-order valence-corrected chi connectivity index (χ4v) is 1.86. The topological polar surface area (TPSA) is 23.5 Å². The molecule has 0 unspecified atom stereocenters. The summed E-state index contributed by atoms with van der Waals surface area (Å²) in [6.07, 6.45) is 3.17. The minimum atomic E-state index is -0.00622. The van der Waals surface area contributed by atoms with Crippen LogP contribution in [0.5, 0.6) is 0 Å². The van der Waals surface area contributed by atoms with Crippen LogP contribution in [-0.4, -0.2) is 42.0 Å². The van der Waals surface area contributed by atoms with Gasteiger partial charge >= 0.3 is 0 Å². The van der Waals surface area contributed by atoms with Gasteiger partial charge < -0.3 is 10.0 Å². The van der Waals surface area contributed by atoms with Crippen LogP contribution in [0.15, 0.2) is 0 Å². The average molecular weight is 189 g/mol. The minimum absolute atomic E-state index is 0.00622. The Morgan fingerprint density at radius 3 is 2.67 bits per heavy atom. The molecule has 1 aliphatic rings. The molecule has 0 spiro atoms. The number of aliphatic hydroxyl groups excluding tert-OH is 1. The Hall–Kier alpha value is 0.270. The van der Waals surface area contributed by atoms with E-state index in [0.29, 0.717) is 0 Å². The molecule has 0 bridgehead atoms. The highest BCUT2D eigenvalue weighted by atomic mass is 32.1. The summed E-state index contributed by atoms with van der Waals surface area (Å²) in [7, 11) is 2.15. The molecule has 0 amide bonds. The van der Waals surface area contributed by atoms with E-state index in [1.807, 2.05) is 0 Å². The molecule has 0 atom stereocenters. The van der Waals surface area contributed by atoms with E-state index in [2.05, 4.69) is 24.6 Å². The SMILES string of the molecule is CN(CCCS)CC1CC(O)C1. The summed E-state index contributed by atoms with van der Waals surface area (Å²) in [5.74, 6) is 1.71. The van der Waals surface area contributed by atoms with Gasteiger partial charge in [-0.3, -0.25) is 0 Å². The van der Waals surface area contributed by atoms with E-state index in [0.717, 1.165) is 44.0 Å². The van der Waals surface area contributed by atoms with Crippen LogP contribution < -0.4 is 0 Å². The number of hydrogen-bond donors (Lipinski definition) is 2. The molecule has 1 rings (SSSR count). The molecule has 0 aromatic rings. The predicted molar refractivity (Wildman–Crippen MR) is 54.7 cm³/mol. The van der Waals surface area contributed by atoms with E-state index in [1.54, 1.807) is 0 Å². The lowest BCUT2D eigenvalue weighted by molar-refractivity contribution is 0.0284. The van der Waals surface area contributed by atoms with E-state index < -0.39 is 0 Å². The van der Waals surface area contributed by atoms with Crippen molar-refractivity contribution in [2.75, 3.05) is 25.9 Å².